The van der Waals surface area contributed by atoms with Gasteiger partial charge in [0.15, 0.2) is 0 Å². The second kappa shape index (κ2) is 13.4. The Labute approximate surface area is 140 Å². The zero-order valence-corrected chi connectivity index (χ0v) is 14.9. The summed E-state index contributed by atoms with van der Waals surface area (Å²) in [6, 6.07) is 0. The number of ether oxygens (including phenoxy) is 2. The molecule has 7 nitrogen and oxygen atoms in total. The molecule has 1 rings (SSSR count). The summed E-state index contributed by atoms with van der Waals surface area (Å²) in [4.78, 5) is 0. The van der Waals surface area contributed by atoms with E-state index in [0.29, 0.717) is 25.7 Å². The lowest BCUT2D eigenvalue weighted by Gasteiger charge is -2.09. The predicted octanol–water partition coefficient (Wildman–Crippen LogP) is 0.709. The van der Waals surface area contributed by atoms with Crippen molar-refractivity contribution in [2.45, 2.75) is 33.7 Å². The van der Waals surface area contributed by atoms with Gasteiger partial charge in [-0.2, -0.15) is 0 Å². The Kier molecular flexibility index (Phi) is 11.7. The van der Waals surface area contributed by atoms with Gasteiger partial charge in [0, 0.05) is 19.5 Å². The number of hydrogen-bond acceptors (Lipinski definition) is 6. The van der Waals surface area contributed by atoms with Crippen LogP contribution in [0.5, 0.6) is 0 Å². The third-order valence-corrected chi connectivity index (χ3v) is 3.30. The fraction of sp³-hybridized carbons (Fsp3) is 0.875. The van der Waals surface area contributed by atoms with Crippen LogP contribution in [0, 0.1) is 5.92 Å². The fourth-order valence-corrected chi connectivity index (χ4v) is 2.06. The molecule has 7 heteroatoms. The molecule has 0 radical (unpaired) electrons. The largest absolute Gasteiger partial charge is 0.378 e. The van der Waals surface area contributed by atoms with E-state index in [1.165, 1.54) is 0 Å². The lowest BCUT2D eigenvalue weighted by molar-refractivity contribution is 0.0446. The summed E-state index contributed by atoms with van der Waals surface area (Å²) >= 11 is 0. The van der Waals surface area contributed by atoms with Crippen LogP contribution >= 0.6 is 0 Å². The van der Waals surface area contributed by atoms with Gasteiger partial charge in [-0.05, 0) is 19.0 Å². The molecule has 1 heterocycles. The molecule has 0 saturated heterocycles. The van der Waals surface area contributed by atoms with E-state index in [4.69, 9.17) is 9.47 Å². The van der Waals surface area contributed by atoms with Crippen LogP contribution in [0.2, 0.25) is 0 Å². The van der Waals surface area contributed by atoms with Gasteiger partial charge in [0.25, 0.3) is 0 Å². The molecule has 0 unspecified atom stereocenters. The standard InChI is InChI=1S/C16H33N5O2/c1-4-17-6-5-16-14-19-20-21(16)8-10-23-12-11-22-9-7-18-13-15(2)3/h14-15,17-18H,4-13H2,1-3H3. The van der Waals surface area contributed by atoms with Crippen molar-refractivity contribution in [1.82, 2.24) is 25.6 Å². The van der Waals surface area contributed by atoms with Gasteiger partial charge in [-0.15, -0.1) is 5.10 Å². The van der Waals surface area contributed by atoms with Gasteiger partial charge in [0.05, 0.1) is 44.9 Å². The second-order valence-corrected chi connectivity index (χ2v) is 5.87. The Morgan fingerprint density at radius 2 is 1.87 bits per heavy atom. The molecule has 23 heavy (non-hydrogen) atoms. The zero-order valence-electron chi connectivity index (χ0n) is 14.9. The summed E-state index contributed by atoms with van der Waals surface area (Å²) < 4.78 is 13.0. The minimum Gasteiger partial charge on any atom is -0.378 e. The molecule has 1 aromatic heterocycles. The molecule has 1 aromatic rings. The minimum absolute atomic E-state index is 0.617. The molecule has 0 aliphatic carbocycles. The Balaban J connectivity index is 1.96. The lowest BCUT2D eigenvalue weighted by Crippen LogP contribution is -2.24. The van der Waals surface area contributed by atoms with Gasteiger partial charge < -0.3 is 20.1 Å². The Morgan fingerprint density at radius 1 is 1.09 bits per heavy atom. The van der Waals surface area contributed by atoms with Gasteiger partial charge in [-0.3, -0.25) is 0 Å². The molecule has 0 fully saturated rings. The van der Waals surface area contributed by atoms with Crippen LogP contribution < -0.4 is 10.6 Å². The number of likely N-dealkylation sites (N-methyl/N-ethyl adjacent to an activating group) is 1. The van der Waals surface area contributed by atoms with E-state index in [1.54, 1.807) is 0 Å². The van der Waals surface area contributed by atoms with Gasteiger partial charge in [0.1, 0.15) is 0 Å². The first-order chi connectivity index (χ1) is 11.2. The molecule has 0 bridgehead atoms. The number of nitrogens with one attached hydrogen (secondary N) is 2. The summed E-state index contributed by atoms with van der Waals surface area (Å²) in [5, 5.41) is 14.7. The number of rotatable bonds is 15. The highest BCUT2D eigenvalue weighted by Gasteiger charge is 2.03. The van der Waals surface area contributed by atoms with E-state index >= 15 is 0 Å². The van der Waals surface area contributed by atoms with E-state index in [1.807, 2.05) is 10.9 Å². The minimum atomic E-state index is 0.617. The van der Waals surface area contributed by atoms with E-state index in [9.17, 15) is 0 Å². The molecule has 0 aliphatic heterocycles. The molecule has 0 spiro atoms. The van der Waals surface area contributed by atoms with Crippen molar-refractivity contribution in [3.05, 3.63) is 11.9 Å². The Morgan fingerprint density at radius 3 is 2.61 bits per heavy atom. The highest BCUT2D eigenvalue weighted by molar-refractivity contribution is 4.94. The maximum absolute atomic E-state index is 5.58. The first kappa shape index (κ1) is 20.0. The predicted molar refractivity (Wildman–Crippen MR) is 91.6 cm³/mol. The van der Waals surface area contributed by atoms with Crippen LogP contribution in [0.1, 0.15) is 26.5 Å². The monoisotopic (exact) mass is 327 g/mol. The third-order valence-electron chi connectivity index (χ3n) is 3.30. The molecule has 0 aromatic carbocycles. The highest BCUT2D eigenvalue weighted by atomic mass is 16.5. The zero-order chi connectivity index (χ0) is 16.8. The van der Waals surface area contributed by atoms with Crippen molar-refractivity contribution in [2.75, 3.05) is 52.6 Å². The van der Waals surface area contributed by atoms with Crippen molar-refractivity contribution < 1.29 is 9.47 Å². The molecule has 0 atom stereocenters. The Hall–Kier alpha value is -1.02. The van der Waals surface area contributed by atoms with Gasteiger partial charge in [-0.1, -0.05) is 26.0 Å². The maximum atomic E-state index is 5.58. The molecule has 0 aliphatic rings. The first-order valence-corrected chi connectivity index (χ1v) is 8.68. The van der Waals surface area contributed by atoms with Gasteiger partial charge >= 0.3 is 0 Å². The van der Waals surface area contributed by atoms with Crippen LogP contribution in [0.3, 0.4) is 0 Å². The molecular formula is C16H33N5O2. The average molecular weight is 327 g/mol. The summed E-state index contributed by atoms with van der Waals surface area (Å²) in [5.41, 5.74) is 1.14. The van der Waals surface area contributed by atoms with E-state index < -0.39 is 0 Å². The van der Waals surface area contributed by atoms with Gasteiger partial charge in [0.2, 0.25) is 0 Å². The number of nitrogens with zero attached hydrogens (tertiary/aromatic N) is 3. The summed E-state index contributed by atoms with van der Waals surface area (Å²) in [5.74, 6) is 0.678. The molecular weight excluding hydrogens is 294 g/mol. The average Bonchev–Trinajstić information content (AvgIpc) is 2.96. The van der Waals surface area contributed by atoms with Crippen molar-refractivity contribution >= 4 is 0 Å². The van der Waals surface area contributed by atoms with Crippen molar-refractivity contribution in [2.24, 2.45) is 5.92 Å². The summed E-state index contributed by atoms with van der Waals surface area (Å²) in [6.07, 6.45) is 2.76. The van der Waals surface area contributed by atoms with E-state index in [-0.39, 0.29) is 0 Å². The van der Waals surface area contributed by atoms with Crippen molar-refractivity contribution in [1.29, 1.82) is 0 Å². The molecule has 0 saturated carbocycles. The van der Waals surface area contributed by atoms with Crippen LogP contribution in [0.15, 0.2) is 6.20 Å². The molecule has 134 valence electrons. The van der Waals surface area contributed by atoms with E-state index in [2.05, 4.69) is 41.7 Å². The number of aromatic nitrogens is 3. The van der Waals surface area contributed by atoms with Crippen LogP contribution in [0.4, 0.5) is 0 Å². The van der Waals surface area contributed by atoms with E-state index in [0.717, 1.165) is 51.4 Å². The van der Waals surface area contributed by atoms with Gasteiger partial charge in [-0.25, -0.2) is 4.68 Å². The lowest BCUT2D eigenvalue weighted by atomic mass is 10.2. The molecule has 2 N–H and O–H groups in total. The van der Waals surface area contributed by atoms with Crippen LogP contribution in [0.25, 0.3) is 0 Å². The maximum Gasteiger partial charge on any atom is 0.0725 e. The van der Waals surface area contributed by atoms with Crippen molar-refractivity contribution in [3.8, 4) is 0 Å². The number of hydrogen-bond donors (Lipinski definition) is 2. The summed E-state index contributed by atoms with van der Waals surface area (Å²) in [7, 11) is 0. The van der Waals surface area contributed by atoms with Crippen LogP contribution in [-0.4, -0.2) is 67.6 Å². The SMILES string of the molecule is CCNCCc1cnnn1CCOCCOCCNCC(C)C. The second-order valence-electron chi connectivity index (χ2n) is 5.87. The quantitative estimate of drug-likeness (QED) is 0.462. The van der Waals surface area contributed by atoms with Crippen molar-refractivity contribution in [3.63, 3.8) is 0 Å². The third kappa shape index (κ3) is 10.4. The smallest absolute Gasteiger partial charge is 0.0725 e. The molecule has 0 amide bonds. The van der Waals surface area contributed by atoms with Crippen LogP contribution in [-0.2, 0) is 22.4 Å². The fourth-order valence-electron chi connectivity index (χ4n) is 2.06. The normalized spacial score (nSPS) is 11.5. The highest BCUT2D eigenvalue weighted by Crippen LogP contribution is 1.97. The first-order valence-electron chi connectivity index (χ1n) is 8.68. The topological polar surface area (TPSA) is 73.2 Å². The summed E-state index contributed by atoms with van der Waals surface area (Å²) in [6.45, 7) is 13.7. The Bertz CT molecular complexity index is 384.